The maximum Gasteiger partial charge on any atom is 0.417 e. The van der Waals surface area contributed by atoms with Gasteiger partial charge in [0.25, 0.3) is 0 Å². The van der Waals surface area contributed by atoms with E-state index in [-0.39, 0.29) is 6.42 Å². The van der Waals surface area contributed by atoms with Crippen molar-refractivity contribution in [1.29, 1.82) is 0 Å². The van der Waals surface area contributed by atoms with Crippen LogP contribution in [0.4, 0.5) is 13.2 Å². The number of alkyl halides is 3. The second kappa shape index (κ2) is 4.09. The standard InChI is InChI=1S/C8H13F3O2/c1-3-4-6(12)5-7(2,13)8(9,10)11/h13H,3-5H2,1-2H3. The molecule has 0 aliphatic heterocycles. The number of ketones is 1. The average Bonchev–Trinajstić information content (AvgIpc) is 1.83. The van der Waals surface area contributed by atoms with Crippen LogP contribution in [0, 0.1) is 0 Å². The Morgan fingerprint density at radius 1 is 1.38 bits per heavy atom. The molecule has 0 rings (SSSR count). The van der Waals surface area contributed by atoms with E-state index >= 15 is 0 Å². The third-order valence-corrected chi connectivity index (χ3v) is 1.68. The third kappa shape index (κ3) is 3.76. The van der Waals surface area contributed by atoms with Gasteiger partial charge in [0, 0.05) is 12.8 Å². The van der Waals surface area contributed by atoms with E-state index in [1.54, 1.807) is 6.92 Å². The van der Waals surface area contributed by atoms with Gasteiger partial charge >= 0.3 is 6.18 Å². The summed E-state index contributed by atoms with van der Waals surface area (Å²) in [6, 6.07) is 0. The lowest BCUT2D eigenvalue weighted by Crippen LogP contribution is -2.43. The van der Waals surface area contributed by atoms with Crippen LogP contribution in [0.25, 0.3) is 0 Å². The Kier molecular flexibility index (Phi) is 3.90. The molecule has 0 fully saturated rings. The summed E-state index contributed by atoms with van der Waals surface area (Å²) in [6.07, 6.45) is -5.03. The quantitative estimate of drug-likeness (QED) is 0.750. The molecule has 13 heavy (non-hydrogen) atoms. The molecule has 1 unspecified atom stereocenters. The monoisotopic (exact) mass is 198 g/mol. The first-order valence-corrected chi connectivity index (χ1v) is 4.01. The van der Waals surface area contributed by atoms with Crippen LogP contribution < -0.4 is 0 Å². The van der Waals surface area contributed by atoms with Gasteiger partial charge in [-0.2, -0.15) is 13.2 Å². The summed E-state index contributed by atoms with van der Waals surface area (Å²) in [7, 11) is 0. The van der Waals surface area contributed by atoms with Crippen LogP contribution in [0.1, 0.15) is 33.1 Å². The minimum Gasteiger partial charge on any atom is -0.380 e. The van der Waals surface area contributed by atoms with E-state index in [4.69, 9.17) is 5.11 Å². The molecule has 0 aromatic carbocycles. The molecule has 78 valence electrons. The zero-order valence-corrected chi connectivity index (χ0v) is 7.61. The molecular formula is C8H13F3O2. The van der Waals surface area contributed by atoms with Crippen molar-refractivity contribution < 1.29 is 23.1 Å². The number of halogens is 3. The lowest BCUT2D eigenvalue weighted by molar-refractivity contribution is -0.253. The van der Waals surface area contributed by atoms with Gasteiger partial charge < -0.3 is 5.11 Å². The van der Waals surface area contributed by atoms with Crippen LogP contribution in [0.5, 0.6) is 0 Å². The fraction of sp³-hybridized carbons (Fsp3) is 0.875. The molecule has 0 saturated heterocycles. The fourth-order valence-electron chi connectivity index (χ4n) is 0.851. The lowest BCUT2D eigenvalue weighted by Gasteiger charge is -2.25. The summed E-state index contributed by atoms with van der Waals surface area (Å²) < 4.78 is 36.1. The van der Waals surface area contributed by atoms with E-state index < -0.39 is 24.0 Å². The molecule has 5 heteroatoms. The molecule has 0 aromatic rings. The van der Waals surface area contributed by atoms with Crippen molar-refractivity contribution in [3.8, 4) is 0 Å². The molecule has 0 aromatic heterocycles. The molecule has 1 N–H and O–H groups in total. The fourth-order valence-corrected chi connectivity index (χ4v) is 0.851. The topological polar surface area (TPSA) is 37.3 Å². The van der Waals surface area contributed by atoms with E-state index in [9.17, 15) is 18.0 Å². The molecule has 0 saturated carbocycles. The molecule has 0 aliphatic carbocycles. The minimum absolute atomic E-state index is 0.0756. The highest BCUT2D eigenvalue weighted by molar-refractivity contribution is 5.79. The van der Waals surface area contributed by atoms with Gasteiger partial charge in [-0.25, -0.2) is 0 Å². The maximum atomic E-state index is 12.0. The van der Waals surface area contributed by atoms with Crippen LogP contribution in [0.2, 0.25) is 0 Å². The number of carbonyl (C=O) groups excluding carboxylic acids is 1. The Bertz CT molecular complexity index is 184. The van der Waals surface area contributed by atoms with Crippen molar-refractivity contribution in [2.45, 2.75) is 44.9 Å². The van der Waals surface area contributed by atoms with Crippen LogP contribution >= 0.6 is 0 Å². The molecular weight excluding hydrogens is 185 g/mol. The van der Waals surface area contributed by atoms with E-state index in [1.807, 2.05) is 0 Å². The second-order valence-corrected chi connectivity index (χ2v) is 3.24. The summed E-state index contributed by atoms with van der Waals surface area (Å²) in [6.45, 7) is 2.31. The van der Waals surface area contributed by atoms with E-state index in [0.717, 1.165) is 0 Å². The summed E-state index contributed by atoms with van der Waals surface area (Å²) >= 11 is 0. The molecule has 1 atom stereocenters. The summed E-state index contributed by atoms with van der Waals surface area (Å²) in [4.78, 5) is 10.8. The van der Waals surface area contributed by atoms with Crippen molar-refractivity contribution in [2.75, 3.05) is 0 Å². The largest absolute Gasteiger partial charge is 0.417 e. The Labute approximate surface area is 74.7 Å². The molecule has 0 spiro atoms. The van der Waals surface area contributed by atoms with Crippen molar-refractivity contribution in [1.82, 2.24) is 0 Å². The molecule has 0 aliphatic rings. The van der Waals surface area contributed by atoms with Crippen LogP contribution in [-0.2, 0) is 4.79 Å². The van der Waals surface area contributed by atoms with Gasteiger partial charge in [0.05, 0.1) is 0 Å². The Balaban J connectivity index is 4.26. The van der Waals surface area contributed by atoms with Crippen molar-refractivity contribution in [3.63, 3.8) is 0 Å². The maximum absolute atomic E-state index is 12.0. The summed E-state index contributed by atoms with van der Waals surface area (Å²) in [5.41, 5.74) is -2.89. The molecule has 2 nitrogen and oxygen atoms in total. The predicted octanol–water partition coefficient (Wildman–Crippen LogP) is 2.06. The van der Waals surface area contributed by atoms with Crippen LogP contribution in [0.15, 0.2) is 0 Å². The highest BCUT2D eigenvalue weighted by atomic mass is 19.4. The van der Waals surface area contributed by atoms with Gasteiger partial charge in [0.1, 0.15) is 5.78 Å². The number of rotatable bonds is 4. The van der Waals surface area contributed by atoms with Crippen molar-refractivity contribution in [3.05, 3.63) is 0 Å². The highest BCUT2D eigenvalue weighted by Crippen LogP contribution is 2.32. The molecule has 0 bridgehead atoms. The van der Waals surface area contributed by atoms with Gasteiger partial charge in [0.2, 0.25) is 0 Å². The second-order valence-electron chi connectivity index (χ2n) is 3.24. The van der Waals surface area contributed by atoms with E-state index in [2.05, 4.69) is 0 Å². The number of hydrogen-bond donors (Lipinski definition) is 1. The molecule has 0 heterocycles. The Morgan fingerprint density at radius 3 is 2.15 bits per heavy atom. The van der Waals surface area contributed by atoms with E-state index in [1.165, 1.54) is 0 Å². The van der Waals surface area contributed by atoms with Gasteiger partial charge in [-0.05, 0) is 13.3 Å². The van der Waals surface area contributed by atoms with E-state index in [0.29, 0.717) is 13.3 Å². The summed E-state index contributed by atoms with van der Waals surface area (Å²) in [5.74, 6) is -0.565. The van der Waals surface area contributed by atoms with Gasteiger partial charge in [-0.1, -0.05) is 6.92 Å². The number of carbonyl (C=O) groups is 1. The lowest BCUT2D eigenvalue weighted by atomic mass is 9.97. The molecule has 0 amide bonds. The first-order valence-electron chi connectivity index (χ1n) is 4.01. The third-order valence-electron chi connectivity index (χ3n) is 1.68. The SMILES string of the molecule is CCCC(=O)CC(C)(O)C(F)(F)F. The number of hydrogen-bond acceptors (Lipinski definition) is 2. The highest BCUT2D eigenvalue weighted by Gasteiger charge is 2.50. The van der Waals surface area contributed by atoms with Crippen molar-refractivity contribution >= 4 is 5.78 Å². The number of aliphatic hydroxyl groups is 1. The first kappa shape index (κ1) is 12.4. The Morgan fingerprint density at radius 2 is 1.85 bits per heavy atom. The average molecular weight is 198 g/mol. The minimum atomic E-state index is -4.74. The van der Waals surface area contributed by atoms with Crippen LogP contribution in [-0.4, -0.2) is 22.7 Å². The zero-order chi connectivity index (χ0) is 10.7. The first-order chi connectivity index (χ1) is 5.70. The van der Waals surface area contributed by atoms with Gasteiger partial charge in [-0.15, -0.1) is 0 Å². The summed E-state index contributed by atoms with van der Waals surface area (Å²) in [5, 5.41) is 8.90. The molecule has 0 radical (unpaired) electrons. The zero-order valence-electron chi connectivity index (χ0n) is 7.61. The van der Waals surface area contributed by atoms with Crippen LogP contribution in [0.3, 0.4) is 0 Å². The van der Waals surface area contributed by atoms with Gasteiger partial charge in [0.15, 0.2) is 5.60 Å². The normalized spacial score (nSPS) is 16.8. The van der Waals surface area contributed by atoms with Crippen molar-refractivity contribution in [2.24, 2.45) is 0 Å². The number of Topliss-reactive ketones (excluding diaryl/α,β-unsaturated/α-hetero) is 1. The van der Waals surface area contributed by atoms with Gasteiger partial charge in [-0.3, -0.25) is 4.79 Å². The predicted molar refractivity (Wildman–Crippen MR) is 41.2 cm³/mol. The smallest absolute Gasteiger partial charge is 0.380 e. The Hall–Kier alpha value is -0.580.